The number of carbonyl (C=O) groups is 1. The van der Waals surface area contributed by atoms with Crippen molar-refractivity contribution >= 4 is 21.9 Å². The summed E-state index contributed by atoms with van der Waals surface area (Å²) in [7, 11) is 0. The number of benzene rings is 1. The molecule has 1 atom stereocenters. The van der Waals surface area contributed by atoms with Crippen molar-refractivity contribution in [3.63, 3.8) is 0 Å². The summed E-state index contributed by atoms with van der Waals surface area (Å²) in [5.74, 6) is -0.687. The van der Waals surface area contributed by atoms with Crippen molar-refractivity contribution in [2.45, 2.75) is 26.2 Å². The topological polar surface area (TPSA) is 37.3 Å². The molecule has 15 heavy (non-hydrogen) atoms. The van der Waals surface area contributed by atoms with Gasteiger partial charge in [-0.15, -0.1) is 0 Å². The molecule has 0 aromatic heterocycles. The number of rotatable bonds is 1. The zero-order valence-electron chi connectivity index (χ0n) is 8.59. The molecule has 1 aliphatic carbocycles. The summed E-state index contributed by atoms with van der Waals surface area (Å²) in [6.07, 6.45) is 2.20. The molecule has 1 aromatic carbocycles. The first kappa shape index (κ1) is 10.7. The quantitative estimate of drug-likeness (QED) is 0.850. The maximum Gasteiger partial charge on any atom is 0.309 e. The molecule has 0 heterocycles. The van der Waals surface area contributed by atoms with Crippen LogP contribution in [0.25, 0.3) is 0 Å². The second kappa shape index (κ2) is 3.63. The van der Waals surface area contributed by atoms with E-state index in [-0.39, 0.29) is 0 Å². The number of hydrogen-bond donors (Lipinski definition) is 1. The maximum atomic E-state index is 11.2. The van der Waals surface area contributed by atoms with Crippen molar-refractivity contribution in [3.05, 3.63) is 33.8 Å². The minimum absolute atomic E-state index is 0.589. The Bertz CT molecular complexity index is 414. The molecule has 1 aromatic rings. The van der Waals surface area contributed by atoms with Crippen LogP contribution in [0, 0.1) is 5.41 Å². The third kappa shape index (κ3) is 1.81. The lowest BCUT2D eigenvalue weighted by molar-refractivity contribution is -0.148. The van der Waals surface area contributed by atoms with E-state index in [9.17, 15) is 9.90 Å². The fraction of sp³-hybridized carbons (Fsp3) is 0.417. The molecular weight excluding hydrogens is 256 g/mol. The lowest BCUT2D eigenvalue weighted by Crippen LogP contribution is -2.34. The molecular formula is C12H13BrO2. The first-order chi connectivity index (χ1) is 7.03. The van der Waals surface area contributed by atoms with Crippen LogP contribution in [-0.2, 0) is 17.6 Å². The van der Waals surface area contributed by atoms with Crippen LogP contribution in [0.2, 0.25) is 0 Å². The smallest absolute Gasteiger partial charge is 0.309 e. The number of hydrogen-bond acceptors (Lipinski definition) is 1. The van der Waals surface area contributed by atoms with Crippen LogP contribution >= 0.6 is 15.9 Å². The van der Waals surface area contributed by atoms with Gasteiger partial charge < -0.3 is 5.11 Å². The molecule has 0 amide bonds. The second-order valence-corrected chi connectivity index (χ2v) is 5.27. The van der Waals surface area contributed by atoms with E-state index in [2.05, 4.69) is 15.9 Å². The fourth-order valence-corrected chi connectivity index (χ4v) is 2.75. The molecule has 80 valence electrons. The Kier molecular flexibility index (Phi) is 2.59. The minimum atomic E-state index is -0.687. The lowest BCUT2D eigenvalue weighted by Gasteiger charge is -2.31. The summed E-state index contributed by atoms with van der Waals surface area (Å²) in [5.41, 5.74) is 1.85. The minimum Gasteiger partial charge on any atom is -0.481 e. The van der Waals surface area contributed by atoms with Crippen LogP contribution < -0.4 is 0 Å². The zero-order chi connectivity index (χ0) is 11.1. The molecule has 0 saturated carbocycles. The Morgan fingerprint density at radius 1 is 1.53 bits per heavy atom. The number of halogens is 1. The van der Waals surface area contributed by atoms with Crippen molar-refractivity contribution in [2.75, 3.05) is 0 Å². The molecule has 0 aliphatic heterocycles. The van der Waals surface area contributed by atoms with Crippen molar-refractivity contribution in [1.29, 1.82) is 0 Å². The van der Waals surface area contributed by atoms with E-state index in [1.165, 1.54) is 11.1 Å². The van der Waals surface area contributed by atoms with Crippen LogP contribution in [0.1, 0.15) is 24.5 Å². The van der Waals surface area contributed by atoms with E-state index in [0.717, 1.165) is 17.3 Å². The average Bonchev–Trinajstić information content (AvgIpc) is 2.17. The van der Waals surface area contributed by atoms with E-state index in [0.29, 0.717) is 6.42 Å². The monoisotopic (exact) mass is 268 g/mol. The van der Waals surface area contributed by atoms with Crippen LogP contribution in [0.4, 0.5) is 0 Å². The van der Waals surface area contributed by atoms with E-state index in [1.54, 1.807) is 0 Å². The lowest BCUT2D eigenvalue weighted by atomic mass is 9.73. The Morgan fingerprint density at radius 2 is 2.27 bits per heavy atom. The molecule has 0 saturated heterocycles. The van der Waals surface area contributed by atoms with Gasteiger partial charge in [0, 0.05) is 4.47 Å². The number of aliphatic carboxylic acids is 1. The van der Waals surface area contributed by atoms with Crippen LogP contribution in [0.15, 0.2) is 22.7 Å². The molecule has 2 nitrogen and oxygen atoms in total. The first-order valence-electron chi connectivity index (χ1n) is 5.02. The van der Waals surface area contributed by atoms with Crippen molar-refractivity contribution in [2.24, 2.45) is 5.41 Å². The van der Waals surface area contributed by atoms with Crippen LogP contribution in [0.3, 0.4) is 0 Å². The summed E-state index contributed by atoms with van der Waals surface area (Å²) < 4.78 is 1.10. The van der Waals surface area contributed by atoms with E-state index in [4.69, 9.17) is 0 Å². The SMILES string of the molecule is CC1(C(=O)O)CCc2c(Br)cccc2C1. The Balaban J connectivity index is 2.39. The number of fused-ring (bicyclic) bond motifs is 1. The fourth-order valence-electron chi connectivity index (χ4n) is 2.14. The third-order valence-electron chi connectivity index (χ3n) is 3.24. The predicted octanol–water partition coefficient (Wildman–Crippen LogP) is 3.03. The van der Waals surface area contributed by atoms with E-state index < -0.39 is 11.4 Å². The normalized spacial score (nSPS) is 24.7. The molecule has 0 spiro atoms. The van der Waals surface area contributed by atoms with Gasteiger partial charge in [-0.1, -0.05) is 28.1 Å². The summed E-state index contributed by atoms with van der Waals surface area (Å²) in [6.45, 7) is 1.83. The largest absolute Gasteiger partial charge is 0.481 e. The summed E-state index contributed by atoms with van der Waals surface area (Å²) >= 11 is 3.51. The molecule has 3 heteroatoms. The van der Waals surface area contributed by atoms with E-state index in [1.807, 2.05) is 25.1 Å². The summed E-state index contributed by atoms with van der Waals surface area (Å²) in [6, 6.07) is 6.01. The third-order valence-corrected chi connectivity index (χ3v) is 3.98. The van der Waals surface area contributed by atoms with Gasteiger partial charge in [0.25, 0.3) is 0 Å². The summed E-state index contributed by atoms with van der Waals surface area (Å²) in [4.78, 5) is 11.2. The molecule has 1 aliphatic rings. The number of carboxylic acids is 1. The highest BCUT2D eigenvalue weighted by atomic mass is 79.9. The maximum absolute atomic E-state index is 11.2. The van der Waals surface area contributed by atoms with Crippen molar-refractivity contribution in [3.8, 4) is 0 Å². The molecule has 2 rings (SSSR count). The zero-order valence-corrected chi connectivity index (χ0v) is 10.2. The molecule has 1 unspecified atom stereocenters. The highest BCUT2D eigenvalue weighted by molar-refractivity contribution is 9.10. The van der Waals surface area contributed by atoms with E-state index >= 15 is 0 Å². The van der Waals surface area contributed by atoms with Gasteiger partial charge in [0.1, 0.15) is 0 Å². The Hall–Kier alpha value is -0.830. The van der Waals surface area contributed by atoms with Gasteiger partial charge in [-0.25, -0.2) is 0 Å². The van der Waals surface area contributed by atoms with Gasteiger partial charge >= 0.3 is 5.97 Å². The van der Waals surface area contributed by atoms with Gasteiger partial charge in [0.05, 0.1) is 5.41 Å². The van der Waals surface area contributed by atoms with Gasteiger partial charge in [-0.3, -0.25) is 4.79 Å². The Labute approximate surface area is 97.4 Å². The van der Waals surface area contributed by atoms with Gasteiger partial charge in [-0.2, -0.15) is 0 Å². The highest BCUT2D eigenvalue weighted by Gasteiger charge is 2.37. The summed E-state index contributed by atoms with van der Waals surface area (Å²) in [5, 5.41) is 9.18. The molecule has 0 bridgehead atoms. The predicted molar refractivity (Wildman–Crippen MR) is 61.9 cm³/mol. The molecule has 1 N–H and O–H groups in total. The van der Waals surface area contributed by atoms with Gasteiger partial charge in [0.2, 0.25) is 0 Å². The van der Waals surface area contributed by atoms with Crippen LogP contribution in [0.5, 0.6) is 0 Å². The highest BCUT2D eigenvalue weighted by Crippen LogP contribution is 2.38. The molecule has 0 radical (unpaired) electrons. The standard InChI is InChI=1S/C12H13BrO2/c1-12(11(14)15)6-5-9-8(7-12)3-2-4-10(9)13/h2-4H,5-7H2,1H3,(H,14,15). The second-order valence-electron chi connectivity index (χ2n) is 4.42. The van der Waals surface area contributed by atoms with Crippen LogP contribution in [-0.4, -0.2) is 11.1 Å². The molecule has 0 fully saturated rings. The van der Waals surface area contributed by atoms with Crippen molar-refractivity contribution < 1.29 is 9.90 Å². The van der Waals surface area contributed by atoms with Crippen molar-refractivity contribution in [1.82, 2.24) is 0 Å². The Morgan fingerprint density at radius 3 is 2.93 bits per heavy atom. The number of carboxylic acid groups (broad SMARTS) is 1. The van der Waals surface area contributed by atoms with Gasteiger partial charge in [-0.05, 0) is 43.4 Å². The average molecular weight is 269 g/mol. The van der Waals surface area contributed by atoms with Gasteiger partial charge in [0.15, 0.2) is 0 Å². The first-order valence-corrected chi connectivity index (χ1v) is 5.82.